The fourth-order valence-corrected chi connectivity index (χ4v) is 5.10. The van der Waals surface area contributed by atoms with Crippen molar-refractivity contribution in [2.24, 2.45) is 0 Å². The van der Waals surface area contributed by atoms with Crippen LogP contribution in [0.25, 0.3) is 0 Å². The summed E-state index contributed by atoms with van der Waals surface area (Å²) < 4.78 is 16.9. The Morgan fingerprint density at radius 1 is 1.17 bits per heavy atom. The van der Waals surface area contributed by atoms with E-state index in [1.807, 2.05) is 40.4 Å². The first-order valence-electron chi connectivity index (χ1n) is 8.19. The first-order valence-corrected chi connectivity index (χ1v) is 11.6. The molecule has 1 amide bonds. The van der Waals surface area contributed by atoms with Crippen LogP contribution in [0.1, 0.15) is 40.0 Å². The third-order valence-electron chi connectivity index (χ3n) is 4.20. The molecule has 2 fully saturated rings. The smallest absolute Gasteiger partial charge is 0.410 e. The fraction of sp³-hybridized carbons (Fsp3) is 0.875. The second-order valence-electron chi connectivity index (χ2n) is 8.43. The van der Waals surface area contributed by atoms with Crippen LogP contribution in [0.3, 0.4) is 0 Å². The zero-order valence-corrected chi connectivity index (χ0v) is 16.3. The molecule has 132 valence electrons. The average Bonchev–Trinajstić information content (AvgIpc) is 2.89. The van der Waals surface area contributed by atoms with Gasteiger partial charge in [-0.3, -0.25) is 4.90 Å². The van der Waals surface area contributed by atoms with Gasteiger partial charge >= 0.3 is 12.1 Å². The van der Waals surface area contributed by atoms with Gasteiger partial charge in [0, 0.05) is 12.5 Å². The van der Waals surface area contributed by atoms with Crippen molar-refractivity contribution in [2.45, 2.75) is 83.0 Å². The predicted octanol–water partition coefficient (Wildman–Crippen LogP) is 2.92. The van der Waals surface area contributed by atoms with Crippen LogP contribution in [-0.4, -0.2) is 55.7 Å². The van der Waals surface area contributed by atoms with Crippen molar-refractivity contribution >= 4 is 20.4 Å². The van der Waals surface area contributed by atoms with E-state index in [9.17, 15) is 9.59 Å². The largest absolute Gasteiger partial charge is 0.467 e. The summed E-state index contributed by atoms with van der Waals surface area (Å²) in [5.41, 5.74) is -1.61. The van der Waals surface area contributed by atoms with Crippen molar-refractivity contribution in [2.75, 3.05) is 7.11 Å². The van der Waals surface area contributed by atoms with E-state index >= 15 is 0 Å². The lowest BCUT2D eigenvalue weighted by Crippen LogP contribution is -2.57. The van der Waals surface area contributed by atoms with Crippen molar-refractivity contribution < 1.29 is 23.5 Å². The lowest BCUT2D eigenvalue weighted by atomic mass is 9.85. The molecule has 7 heteroatoms. The fourth-order valence-electron chi connectivity index (χ4n) is 3.71. The van der Waals surface area contributed by atoms with Crippen molar-refractivity contribution in [3.05, 3.63) is 0 Å². The van der Waals surface area contributed by atoms with Crippen LogP contribution < -0.4 is 0 Å². The number of carbonyl (C=O) groups excluding carboxylic acids is 2. The van der Waals surface area contributed by atoms with E-state index in [0.717, 1.165) is 12.8 Å². The summed E-state index contributed by atoms with van der Waals surface area (Å²) in [4.78, 5) is 26.9. The Labute approximate surface area is 139 Å². The Morgan fingerprint density at radius 2 is 1.78 bits per heavy atom. The lowest BCUT2D eigenvalue weighted by molar-refractivity contribution is -0.162. The van der Waals surface area contributed by atoms with Gasteiger partial charge < -0.3 is 13.9 Å². The molecule has 0 spiro atoms. The summed E-state index contributed by atoms with van der Waals surface area (Å²) in [7, 11) is -0.625. The van der Waals surface area contributed by atoms with Crippen LogP contribution in [0.5, 0.6) is 0 Å². The predicted molar refractivity (Wildman–Crippen MR) is 88.7 cm³/mol. The molecule has 2 aliphatic rings. The zero-order valence-electron chi connectivity index (χ0n) is 15.3. The van der Waals surface area contributed by atoms with Crippen molar-refractivity contribution in [3.63, 3.8) is 0 Å². The van der Waals surface area contributed by atoms with E-state index in [1.165, 1.54) is 7.11 Å². The van der Waals surface area contributed by atoms with Gasteiger partial charge in [-0.05, 0) is 53.3 Å². The van der Waals surface area contributed by atoms with Crippen LogP contribution in [0.15, 0.2) is 0 Å². The van der Waals surface area contributed by atoms with Crippen LogP contribution in [0, 0.1) is 0 Å². The number of hydrogen-bond acceptors (Lipinski definition) is 5. The van der Waals surface area contributed by atoms with Gasteiger partial charge in [-0.1, -0.05) is 0 Å². The number of methoxy groups -OCH3 is 1. The van der Waals surface area contributed by atoms with Crippen LogP contribution in [0.4, 0.5) is 4.79 Å². The minimum absolute atomic E-state index is 0.0229. The first kappa shape index (κ1) is 18.3. The highest BCUT2D eigenvalue weighted by Gasteiger charge is 2.64. The average molecular weight is 343 g/mol. The molecule has 2 saturated heterocycles. The monoisotopic (exact) mass is 343 g/mol. The van der Waals surface area contributed by atoms with E-state index in [4.69, 9.17) is 13.9 Å². The number of rotatable bonds is 3. The molecule has 0 aromatic heterocycles. The molecule has 0 N–H and O–H groups in total. The van der Waals surface area contributed by atoms with Gasteiger partial charge in [0.15, 0.2) is 13.9 Å². The Morgan fingerprint density at radius 3 is 2.26 bits per heavy atom. The van der Waals surface area contributed by atoms with E-state index in [2.05, 4.69) is 0 Å². The molecule has 2 aliphatic heterocycles. The molecule has 0 saturated carbocycles. The molecule has 2 rings (SSSR count). The molecule has 0 aromatic rings. The summed E-state index contributed by atoms with van der Waals surface area (Å²) in [6, 6.07) is -0.327. The second kappa shape index (κ2) is 5.77. The van der Waals surface area contributed by atoms with Gasteiger partial charge in [-0.2, -0.15) is 0 Å². The van der Waals surface area contributed by atoms with E-state index in [0.29, 0.717) is 6.42 Å². The van der Waals surface area contributed by atoms with Crippen LogP contribution in [0.2, 0.25) is 19.6 Å². The van der Waals surface area contributed by atoms with Crippen LogP contribution >= 0.6 is 0 Å². The number of esters is 1. The van der Waals surface area contributed by atoms with E-state index in [-0.39, 0.29) is 24.1 Å². The van der Waals surface area contributed by atoms with Crippen molar-refractivity contribution in [1.82, 2.24) is 4.90 Å². The number of fused-ring (bicyclic) bond motifs is 2. The highest BCUT2D eigenvalue weighted by Crippen LogP contribution is 2.48. The molecule has 0 aliphatic carbocycles. The molecule has 23 heavy (non-hydrogen) atoms. The third kappa shape index (κ3) is 3.55. The van der Waals surface area contributed by atoms with Gasteiger partial charge in [0.1, 0.15) is 5.60 Å². The number of ether oxygens (including phenoxy) is 2. The van der Waals surface area contributed by atoms with E-state index < -0.39 is 19.5 Å². The summed E-state index contributed by atoms with van der Waals surface area (Å²) in [6.45, 7) is 11.7. The molecule has 0 radical (unpaired) electrons. The van der Waals surface area contributed by atoms with Crippen molar-refractivity contribution in [1.29, 1.82) is 0 Å². The molecule has 2 heterocycles. The maximum Gasteiger partial charge on any atom is 0.410 e. The maximum atomic E-state index is 12.6. The number of carbonyl (C=O) groups is 2. The van der Waals surface area contributed by atoms with Gasteiger partial charge in [0.25, 0.3) is 0 Å². The maximum absolute atomic E-state index is 12.6. The summed E-state index contributed by atoms with van der Waals surface area (Å²) in [6.07, 6.45) is 1.74. The van der Waals surface area contributed by atoms with Gasteiger partial charge in [-0.25, -0.2) is 9.59 Å². The Hall–Kier alpha value is -1.08. The van der Waals surface area contributed by atoms with E-state index in [1.54, 1.807) is 4.90 Å². The van der Waals surface area contributed by atoms with Crippen LogP contribution in [-0.2, 0) is 18.7 Å². The number of amides is 1. The topological polar surface area (TPSA) is 65.1 Å². The molecule has 2 bridgehead atoms. The first-order chi connectivity index (χ1) is 10.4. The highest BCUT2D eigenvalue weighted by atomic mass is 28.4. The molecular formula is C16H29NO5Si. The lowest BCUT2D eigenvalue weighted by Gasteiger charge is -2.39. The minimum atomic E-state index is -2.00. The molecule has 0 aromatic carbocycles. The van der Waals surface area contributed by atoms with Gasteiger partial charge in [0.05, 0.1) is 13.2 Å². The summed E-state index contributed by atoms with van der Waals surface area (Å²) in [5.74, 6) is -0.374. The SMILES string of the molecule is COC(=O)C1(O[Si](C)(C)C)C[C@@H]2CC[C@H]1N2C(=O)OC(C)(C)C. The normalized spacial score (nSPS) is 30.5. The molecule has 6 nitrogen and oxygen atoms in total. The molecular weight excluding hydrogens is 314 g/mol. The standard InChI is InChI=1S/C16H29NO5Si/c1-15(2,3)21-14(19)17-11-8-9-12(17)16(10-11,13(18)20-4)22-23(5,6)7/h11-12H,8-10H2,1-7H3/t11-,12+,16?/m0/s1. The van der Waals surface area contributed by atoms with Gasteiger partial charge in [0.2, 0.25) is 0 Å². The Bertz CT molecular complexity index is 496. The zero-order chi connectivity index (χ0) is 17.6. The highest BCUT2D eigenvalue weighted by molar-refractivity contribution is 6.70. The second-order valence-corrected chi connectivity index (χ2v) is 12.9. The van der Waals surface area contributed by atoms with Crippen molar-refractivity contribution in [3.8, 4) is 0 Å². The minimum Gasteiger partial charge on any atom is -0.467 e. The Balaban J connectivity index is 2.31. The summed E-state index contributed by atoms with van der Waals surface area (Å²) in [5, 5.41) is 0. The quantitative estimate of drug-likeness (QED) is 0.582. The summed E-state index contributed by atoms with van der Waals surface area (Å²) >= 11 is 0. The Kier molecular flexibility index (Phi) is 4.58. The third-order valence-corrected chi connectivity index (χ3v) is 5.18. The number of hydrogen-bond donors (Lipinski definition) is 0. The molecule has 1 unspecified atom stereocenters. The molecule has 3 atom stereocenters. The number of nitrogens with zero attached hydrogens (tertiary/aromatic N) is 1. The van der Waals surface area contributed by atoms with Gasteiger partial charge in [-0.15, -0.1) is 0 Å².